The number of fused-ring (bicyclic) bond motifs is 1. The molecule has 0 saturated carbocycles. The summed E-state index contributed by atoms with van der Waals surface area (Å²) in [5.41, 5.74) is 3.89. The highest BCUT2D eigenvalue weighted by molar-refractivity contribution is 7.16. The maximum atomic E-state index is 4.59. The SMILES string of the molecule is CN1CC(c2ccc3ncsc3n2)C=N1. The predicted octanol–water partition coefficient (Wildman–Crippen LogP) is 1.71. The largest absolute Gasteiger partial charge is 0.299 e. The van der Waals surface area contributed by atoms with E-state index < -0.39 is 0 Å². The molecule has 0 radical (unpaired) electrons. The first-order valence-corrected chi connectivity index (χ1v) is 5.66. The number of hydrogen-bond donors (Lipinski definition) is 0. The van der Waals surface area contributed by atoms with Crippen molar-refractivity contribution in [3.8, 4) is 0 Å². The van der Waals surface area contributed by atoms with Crippen LogP contribution in [0.1, 0.15) is 11.6 Å². The molecule has 0 aromatic carbocycles. The minimum absolute atomic E-state index is 0.321. The van der Waals surface area contributed by atoms with E-state index >= 15 is 0 Å². The molecule has 0 spiro atoms. The lowest BCUT2D eigenvalue weighted by molar-refractivity contribution is 0.380. The average molecular weight is 218 g/mol. The Labute approximate surface area is 91.3 Å². The summed E-state index contributed by atoms with van der Waals surface area (Å²) >= 11 is 1.58. The molecule has 5 heteroatoms. The minimum atomic E-state index is 0.321. The van der Waals surface area contributed by atoms with Crippen molar-refractivity contribution >= 4 is 27.9 Å². The van der Waals surface area contributed by atoms with Crippen LogP contribution in [-0.4, -0.2) is 34.8 Å². The van der Waals surface area contributed by atoms with Gasteiger partial charge < -0.3 is 0 Å². The summed E-state index contributed by atoms with van der Waals surface area (Å²) in [6.45, 7) is 0.914. The van der Waals surface area contributed by atoms with E-state index in [9.17, 15) is 0 Å². The van der Waals surface area contributed by atoms with Crippen LogP contribution in [0, 0.1) is 0 Å². The zero-order valence-corrected chi connectivity index (χ0v) is 9.11. The second-order valence-corrected chi connectivity index (χ2v) is 4.46. The van der Waals surface area contributed by atoms with Crippen molar-refractivity contribution in [3.05, 3.63) is 23.3 Å². The Morgan fingerprint density at radius 3 is 3.20 bits per heavy atom. The molecule has 1 aliphatic heterocycles. The Balaban J connectivity index is 2.01. The van der Waals surface area contributed by atoms with Crippen molar-refractivity contribution in [3.63, 3.8) is 0 Å². The Hall–Kier alpha value is -1.49. The molecule has 3 heterocycles. The molecule has 0 amide bonds. The first kappa shape index (κ1) is 8.79. The number of pyridine rings is 1. The van der Waals surface area contributed by atoms with Crippen molar-refractivity contribution in [2.45, 2.75) is 5.92 Å². The van der Waals surface area contributed by atoms with E-state index in [1.165, 1.54) is 0 Å². The fraction of sp³-hybridized carbons (Fsp3) is 0.300. The van der Waals surface area contributed by atoms with Crippen LogP contribution in [0.2, 0.25) is 0 Å². The van der Waals surface area contributed by atoms with Crippen molar-refractivity contribution in [1.29, 1.82) is 0 Å². The smallest absolute Gasteiger partial charge is 0.143 e. The third-order valence-electron chi connectivity index (χ3n) is 2.50. The van der Waals surface area contributed by atoms with E-state index in [0.29, 0.717) is 5.92 Å². The summed E-state index contributed by atoms with van der Waals surface area (Å²) in [6, 6.07) is 4.07. The molecule has 2 aromatic rings. The molecule has 1 atom stereocenters. The summed E-state index contributed by atoms with van der Waals surface area (Å²) in [4.78, 5) is 9.81. The molecule has 1 aliphatic rings. The topological polar surface area (TPSA) is 41.4 Å². The van der Waals surface area contributed by atoms with E-state index in [-0.39, 0.29) is 0 Å². The van der Waals surface area contributed by atoms with E-state index in [4.69, 9.17) is 0 Å². The predicted molar refractivity (Wildman–Crippen MR) is 61.3 cm³/mol. The van der Waals surface area contributed by atoms with Crippen LogP contribution in [-0.2, 0) is 0 Å². The van der Waals surface area contributed by atoms with Gasteiger partial charge in [0.15, 0.2) is 0 Å². The standard InChI is InChI=1S/C10H10N4S/c1-14-5-7(4-12-14)8-2-3-9-10(13-8)15-6-11-9/h2-4,6-7H,5H2,1H3. The maximum Gasteiger partial charge on any atom is 0.143 e. The van der Waals surface area contributed by atoms with Gasteiger partial charge in [-0.25, -0.2) is 9.97 Å². The number of nitrogens with zero attached hydrogens (tertiary/aromatic N) is 4. The molecule has 15 heavy (non-hydrogen) atoms. The average Bonchev–Trinajstić information content (AvgIpc) is 2.84. The highest BCUT2D eigenvalue weighted by atomic mass is 32.1. The number of hydrazone groups is 1. The summed E-state index contributed by atoms with van der Waals surface area (Å²) in [6.07, 6.45) is 1.95. The number of aromatic nitrogens is 2. The van der Waals surface area contributed by atoms with E-state index in [2.05, 4.69) is 15.1 Å². The molecule has 0 saturated heterocycles. The number of rotatable bonds is 1. The quantitative estimate of drug-likeness (QED) is 0.731. The summed E-state index contributed by atoms with van der Waals surface area (Å²) in [7, 11) is 1.97. The van der Waals surface area contributed by atoms with Gasteiger partial charge in [0, 0.05) is 19.8 Å². The fourth-order valence-electron chi connectivity index (χ4n) is 1.72. The molecule has 1 unspecified atom stereocenters. The van der Waals surface area contributed by atoms with Crippen LogP contribution in [0.25, 0.3) is 10.3 Å². The van der Waals surface area contributed by atoms with Crippen LogP contribution >= 0.6 is 11.3 Å². The van der Waals surface area contributed by atoms with Crippen LogP contribution in [0.15, 0.2) is 22.7 Å². The molecule has 0 fully saturated rings. The first-order valence-electron chi connectivity index (χ1n) is 4.78. The van der Waals surface area contributed by atoms with Crippen LogP contribution in [0.3, 0.4) is 0 Å². The number of likely N-dealkylation sites (N-methyl/N-ethyl adjacent to an activating group) is 1. The Bertz CT molecular complexity index is 519. The zero-order valence-electron chi connectivity index (χ0n) is 8.29. The summed E-state index contributed by atoms with van der Waals surface area (Å²) in [5.74, 6) is 0.321. The van der Waals surface area contributed by atoms with Gasteiger partial charge >= 0.3 is 0 Å². The van der Waals surface area contributed by atoms with Gasteiger partial charge in [0.25, 0.3) is 0 Å². The van der Waals surface area contributed by atoms with Crippen molar-refractivity contribution in [2.24, 2.45) is 5.10 Å². The molecule has 0 bridgehead atoms. The highest BCUT2D eigenvalue weighted by Gasteiger charge is 2.18. The summed E-state index contributed by atoms with van der Waals surface area (Å²) < 4.78 is 0. The van der Waals surface area contributed by atoms with Gasteiger partial charge in [-0.3, -0.25) is 5.01 Å². The van der Waals surface area contributed by atoms with Crippen LogP contribution < -0.4 is 0 Å². The molecule has 3 rings (SSSR count). The van der Waals surface area contributed by atoms with E-state index in [1.54, 1.807) is 11.3 Å². The molecular weight excluding hydrogens is 208 g/mol. The maximum absolute atomic E-state index is 4.59. The molecule has 0 aliphatic carbocycles. The second-order valence-electron chi connectivity index (χ2n) is 3.62. The minimum Gasteiger partial charge on any atom is -0.299 e. The zero-order chi connectivity index (χ0) is 10.3. The summed E-state index contributed by atoms with van der Waals surface area (Å²) in [5, 5.41) is 6.15. The Kier molecular flexibility index (Phi) is 1.92. The molecule has 76 valence electrons. The Morgan fingerprint density at radius 1 is 1.47 bits per heavy atom. The molecule has 4 nitrogen and oxygen atoms in total. The van der Waals surface area contributed by atoms with Crippen LogP contribution in [0.4, 0.5) is 0 Å². The fourth-order valence-corrected chi connectivity index (χ4v) is 2.38. The van der Waals surface area contributed by atoms with Gasteiger partial charge in [0.2, 0.25) is 0 Å². The number of hydrogen-bond acceptors (Lipinski definition) is 5. The highest BCUT2D eigenvalue weighted by Crippen LogP contribution is 2.22. The van der Waals surface area contributed by atoms with Gasteiger partial charge in [-0.05, 0) is 12.1 Å². The Morgan fingerprint density at radius 2 is 2.40 bits per heavy atom. The van der Waals surface area contributed by atoms with Crippen molar-refractivity contribution in [1.82, 2.24) is 15.0 Å². The van der Waals surface area contributed by atoms with Gasteiger partial charge in [0.05, 0.1) is 22.6 Å². The lowest BCUT2D eigenvalue weighted by atomic mass is 10.1. The molecule has 2 aromatic heterocycles. The van der Waals surface area contributed by atoms with E-state index in [1.807, 2.05) is 35.9 Å². The van der Waals surface area contributed by atoms with Gasteiger partial charge in [-0.15, -0.1) is 11.3 Å². The third kappa shape index (κ3) is 1.48. The normalized spacial score (nSPS) is 20.3. The first-order chi connectivity index (χ1) is 7.33. The monoisotopic (exact) mass is 218 g/mol. The second kappa shape index (κ2) is 3.27. The lowest BCUT2D eigenvalue weighted by Gasteiger charge is -2.09. The van der Waals surface area contributed by atoms with Crippen molar-refractivity contribution < 1.29 is 0 Å². The molecular formula is C10H10N4S. The van der Waals surface area contributed by atoms with Gasteiger partial charge in [0.1, 0.15) is 4.83 Å². The van der Waals surface area contributed by atoms with E-state index in [0.717, 1.165) is 22.6 Å². The van der Waals surface area contributed by atoms with Crippen molar-refractivity contribution in [2.75, 3.05) is 13.6 Å². The molecule has 0 N–H and O–H groups in total. The lowest BCUT2D eigenvalue weighted by Crippen LogP contribution is -2.12. The van der Waals surface area contributed by atoms with Gasteiger partial charge in [-0.1, -0.05) is 0 Å². The third-order valence-corrected chi connectivity index (χ3v) is 3.24. The number of thiazole rings is 1. The van der Waals surface area contributed by atoms with Crippen LogP contribution in [0.5, 0.6) is 0 Å². The van der Waals surface area contributed by atoms with Gasteiger partial charge in [-0.2, -0.15) is 5.10 Å².